The van der Waals surface area contributed by atoms with Crippen molar-refractivity contribution >= 4 is 21.5 Å². The van der Waals surface area contributed by atoms with Gasteiger partial charge in [0, 0.05) is 19.2 Å². The van der Waals surface area contributed by atoms with Gasteiger partial charge in [-0.1, -0.05) is 0 Å². The molecule has 0 radical (unpaired) electrons. The lowest BCUT2D eigenvalue weighted by Gasteiger charge is -2.33. The maximum atomic E-state index is 13.0. The summed E-state index contributed by atoms with van der Waals surface area (Å²) >= 11 is 0. The van der Waals surface area contributed by atoms with E-state index in [0.717, 1.165) is 19.4 Å². The van der Waals surface area contributed by atoms with E-state index in [9.17, 15) is 17.2 Å². The number of nitrogens with zero attached hydrogens (tertiary/aromatic N) is 6. The lowest BCUT2D eigenvalue weighted by atomic mass is 10.00. The number of piperidine rings is 1. The number of alkyl halides is 2. The van der Waals surface area contributed by atoms with Crippen LogP contribution in [0.1, 0.15) is 25.0 Å². The standard InChI is InChI=1S/C17H19F2N7O2S/c18-17(19)12-3-4-15-21-7-14(26(15)24-12)13-6-16(23-10-22-13)25-5-1-2-11(8-25)9-29(20,27)28/h3-4,6-7,10-11,17H,1-2,5,8-9H2,(H2,20,27,28). The van der Waals surface area contributed by atoms with E-state index in [1.165, 1.54) is 29.2 Å². The van der Waals surface area contributed by atoms with Gasteiger partial charge in [0.2, 0.25) is 10.0 Å². The van der Waals surface area contributed by atoms with Crippen LogP contribution in [0.3, 0.4) is 0 Å². The predicted molar refractivity (Wildman–Crippen MR) is 102 cm³/mol. The minimum absolute atomic E-state index is 0.0744. The minimum atomic E-state index is -3.55. The van der Waals surface area contributed by atoms with E-state index in [-0.39, 0.29) is 17.4 Å². The Hall–Kier alpha value is -2.73. The molecule has 4 heterocycles. The van der Waals surface area contributed by atoms with Gasteiger partial charge in [-0.3, -0.25) is 0 Å². The Morgan fingerprint density at radius 3 is 2.83 bits per heavy atom. The molecule has 0 bridgehead atoms. The minimum Gasteiger partial charge on any atom is -0.356 e. The van der Waals surface area contributed by atoms with Crippen LogP contribution in [0.2, 0.25) is 0 Å². The molecule has 1 aliphatic heterocycles. The number of rotatable bonds is 5. The van der Waals surface area contributed by atoms with E-state index in [1.807, 2.05) is 4.90 Å². The van der Waals surface area contributed by atoms with Crippen LogP contribution in [0.15, 0.2) is 30.7 Å². The molecule has 0 amide bonds. The number of halogens is 2. The van der Waals surface area contributed by atoms with Gasteiger partial charge in [0.1, 0.15) is 23.5 Å². The molecular formula is C17H19F2N7O2S. The normalized spacial score (nSPS) is 17.9. The quantitative estimate of drug-likeness (QED) is 0.662. The van der Waals surface area contributed by atoms with Gasteiger partial charge in [-0.25, -0.2) is 41.8 Å². The summed E-state index contributed by atoms with van der Waals surface area (Å²) in [5, 5.41) is 9.14. The summed E-state index contributed by atoms with van der Waals surface area (Å²) in [7, 11) is -3.55. The zero-order valence-electron chi connectivity index (χ0n) is 15.3. The zero-order chi connectivity index (χ0) is 20.6. The smallest absolute Gasteiger partial charge is 0.282 e. The third kappa shape index (κ3) is 4.32. The topological polar surface area (TPSA) is 119 Å². The number of hydrogen-bond donors (Lipinski definition) is 1. The molecular weight excluding hydrogens is 404 g/mol. The molecule has 1 fully saturated rings. The number of aromatic nitrogens is 5. The highest BCUT2D eigenvalue weighted by molar-refractivity contribution is 7.89. The van der Waals surface area contributed by atoms with Crippen LogP contribution in [0.4, 0.5) is 14.6 Å². The van der Waals surface area contributed by atoms with E-state index in [4.69, 9.17) is 5.14 Å². The van der Waals surface area contributed by atoms with Gasteiger partial charge in [-0.05, 0) is 30.9 Å². The van der Waals surface area contributed by atoms with E-state index >= 15 is 0 Å². The molecule has 9 nitrogen and oxygen atoms in total. The highest BCUT2D eigenvalue weighted by Crippen LogP contribution is 2.26. The van der Waals surface area contributed by atoms with Gasteiger partial charge in [-0.2, -0.15) is 5.10 Å². The SMILES string of the molecule is NS(=O)(=O)CC1CCCN(c2cc(-c3cnc4ccc(C(F)F)nn34)ncn2)C1. The first-order valence-electron chi connectivity index (χ1n) is 9.01. The molecule has 1 aliphatic rings. The van der Waals surface area contributed by atoms with Crippen LogP contribution in [-0.2, 0) is 10.0 Å². The molecule has 0 saturated carbocycles. The highest BCUT2D eigenvalue weighted by atomic mass is 32.2. The maximum Gasteiger partial charge on any atom is 0.282 e. The van der Waals surface area contributed by atoms with Crippen molar-refractivity contribution in [3.63, 3.8) is 0 Å². The second-order valence-corrected chi connectivity index (χ2v) is 8.68. The summed E-state index contributed by atoms with van der Waals surface area (Å²) in [5.41, 5.74) is 1.02. The Bertz CT molecular complexity index is 1140. The molecule has 2 N–H and O–H groups in total. The Labute approximate surface area is 165 Å². The molecule has 1 unspecified atom stereocenters. The van der Waals surface area contributed by atoms with Gasteiger partial charge in [-0.15, -0.1) is 0 Å². The van der Waals surface area contributed by atoms with Crippen LogP contribution in [0, 0.1) is 5.92 Å². The molecule has 0 spiro atoms. The first-order valence-corrected chi connectivity index (χ1v) is 10.7. The lowest BCUT2D eigenvalue weighted by Crippen LogP contribution is -2.39. The summed E-state index contributed by atoms with van der Waals surface area (Å²) in [6.45, 7) is 1.23. The summed E-state index contributed by atoms with van der Waals surface area (Å²) in [5.74, 6) is 0.465. The molecule has 3 aromatic rings. The molecule has 12 heteroatoms. The molecule has 29 heavy (non-hydrogen) atoms. The van der Waals surface area contributed by atoms with Crippen molar-refractivity contribution in [2.24, 2.45) is 11.1 Å². The molecule has 4 rings (SSSR count). The Kier molecular flexibility index (Phi) is 5.13. The monoisotopic (exact) mass is 423 g/mol. The molecule has 1 atom stereocenters. The van der Waals surface area contributed by atoms with Gasteiger partial charge in [0.05, 0.1) is 17.6 Å². The zero-order valence-corrected chi connectivity index (χ0v) is 16.1. The molecule has 154 valence electrons. The lowest BCUT2D eigenvalue weighted by molar-refractivity contribution is 0.144. The summed E-state index contributed by atoms with van der Waals surface area (Å²) in [6, 6.07) is 4.43. The van der Waals surface area contributed by atoms with E-state index in [0.29, 0.717) is 29.4 Å². The van der Waals surface area contributed by atoms with Gasteiger partial charge >= 0.3 is 0 Å². The fourth-order valence-corrected chi connectivity index (χ4v) is 4.51. The van der Waals surface area contributed by atoms with Crippen molar-refractivity contribution in [1.29, 1.82) is 0 Å². The van der Waals surface area contributed by atoms with E-state index in [2.05, 4.69) is 20.1 Å². The van der Waals surface area contributed by atoms with Crippen molar-refractivity contribution in [1.82, 2.24) is 24.6 Å². The van der Waals surface area contributed by atoms with Crippen molar-refractivity contribution in [3.05, 3.63) is 36.4 Å². The fourth-order valence-electron chi connectivity index (χ4n) is 3.58. The fraction of sp³-hybridized carbons (Fsp3) is 0.412. The Balaban J connectivity index is 1.64. The first-order chi connectivity index (χ1) is 13.8. The number of anilines is 1. The van der Waals surface area contributed by atoms with Gasteiger partial charge in [0.25, 0.3) is 6.43 Å². The molecule has 1 saturated heterocycles. The van der Waals surface area contributed by atoms with Crippen molar-refractivity contribution in [3.8, 4) is 11.4 Å². The van der Waals surface area contributed by atoms with Crippen molar-refractivity contribution in [2.75, 3.05) is 23.7 Å². The molecule has 3 aromatic heterocycles. The predicted octanol–water partition coefficient (Wildman–Crippen LogP) is 1.63. The maximum absolute atomic E-state index is 13.0. The third-order valence-electron chi connectivity index (χ3n) is 4.83. The van der Waals surface area contributed by atoms with Crippen LogP contribution in [-0.4, -0.2) is 51.8 Å². The summed E-state index contributed by atoms with van der Waals surface area (Å²) in [4.78, 5) is 14.7. The highest BCUT2D eigenvalue weighted by Gasteiger charge is 2.25. The van der Waals surface area contributed by atoms with Crippen LogP contribution >= 0.6 is 0 Å². The van der Waals surface area contributed by atoms with E-state index < -0.39 is 16.4 Å². The number of imidazole rings is 1. The number of fused-ring (bicyclic) bond motifs is 1. The number of nitrogens with two attached hydrogens (primary N) is 1. The summed E-state index contributed by atoms with van der Waals surface area (Å²) in [6.07, 6.45) is 1.79. The number of hydrogen-bond acceptors (Lipinski definition) is 7. The third-order valence-corrected chi connectivity index (χ3v) is 5.77. The molecule has 0 aromatic carbocycles. The van der Waals surface area contributed by atoms with Crippen LogP contribution in [0.5, 0.6) is 0 Å². The molecule has 0 aliphatic carbocycles. The van der Waals surface area contributed by atoms with Crippen molar-refractivity contribution in [2.45, 2.75) is 19.3 Å². The van der Waals surface area contributed by atoms with Gasteiger partial charge < -0.3 is 4.90 Å². The van der Waals surface area contributed by atoms with Crippen molar-refractivity contribution < 1.29 is 17.2 Å². The Morgan fingerprint density at radius 2 is 2.07 bits per heavy atom. The average Bonchev–Trinajstić information content (AvgIpc) is 3.10. The summed E-state index contributed by atoms with van der Waals surface area (Å²) < 4.78 is 50.2. The number of sulfonamides is 1. The van der Waals surface area contributed by atoms with E-state index in [1.54, 1.807) is 6.07 Å². The average molecular weight is 423 g/mol. The van der Waals surface area contributed by atoms with Crippen LogP contribution < -0.4 is 10.0 Å². The number of primary sulfonamides is 1. The second kappa shape index (κ2) is 7.59. The van der Waals surface area contributed by atoms with Crippen LogP contribution in [0.25, 0.3) is 17.0 Å². The first kappa shape index (κ1) is 19.6. The second-order valence-electron chi connectivity index (χ2n) is 7.02. The Morgan fingerprint density at radius 1 is 1.24 bits per heavy atom. The largest absolute Gasteiger partial charge is 0.356 e. The van der Waals surface area contributed by atoms with Gasteiger partial charge in [0.15, 0.2) is 5.65 Å².